The highest BCUT2D eigenvalue weighted by atomic mass is 19.1. The number of aliphatic imine (C=N–C) groups is 1. The average Bonchev–Trinajstić information content (AvgIpc) is 2.60. The van der Waals surface area contributed by atoms with Crippen LogP contribution < -0.4 is 14.8 Å². The first-order chi connectivity index (χ1) is 11.6. The molecule has 1 unspecified atom stereocenters. The van der Waals surface area contributed by atoms with Crippen LogP contribution in [0.1, 0.15) is 17.3 Å². The van der Waals surface area contributed by atoms with E-state index in [9.17, 15) is 9.18 Å². The number of amides is 1. The van der Waals surface area contributed by atoms with Crippen molar-refractivity contribution in [2.45, 2.75) is 6.17 Å². The van der Waals surface area contributed by atoms with Crippen molar-refractivity contribution in [3.8, 4) is 11.5 Å². The second-order valence-electron chi connectivity index (χ2n) is 5.43. The molecule has 24 heavy (non-hydrogen) atoms. The highest BCUT2D eigenvalue weighted by molar-refractivity contribution is 6.24. The quantitative estimate of drug-likeness (QED) is 0.924. The van der Waals surface area contributed by atoms with Crippen molar-refractivity contribution in [2.24, 2.45) is 4.99 Å². The van der Waals surface area contributed by atoms with Gasteiger partial charge in [-0.1, -0.05) is 12.1 Å². The van der Waals surface area contributed by atoms with Crippen LogP contribution in [0.5, 0.6) is 11.5 Å². The maximum absolute atomic E-state index is 13.4. The zero-order valence-corrected chi connectivity index (χ0v) is 12.7. The fourth-order valence-corrected chi connectivity index (χ4v) is 2.68. The molecule has 0 spiro atoms. The van der Waals surface area contributed by atoms with E-state index in [1.54, 1.807) is 43.5 Å². The van der Waals surface area contributed by atoms with Crippen molar-refractivity contribution in [1.82, 2.24) is 5.32 Å². The molecule has 2 aliphatic rings. The van der Waals surface area contributed by atoms with E-state index in [1.807, 2.05) is 0 Å². The smallest absolute Gasteiger partial charge is 0.258 e. The van der Waals surface area contributed by atoms with Crippen LogP contribution in [0.4, 0.5) is 4.39 Å². The number of rotatable bonds is 2. The fraction of sp³-hybridized carbons (Fsp3) is 0.111. The third-order valence-corrected chi connectivity index (χ3v) is 3.88. The Labute approximate surface area is 137 Å². The van der Waals surface area contributed by atoms with Crippen LogP contribution in [-0.4, -0.2) is 18.9 Å². The predicted octanol–water partition coefficient (Wildman–Crippen LogP) is 2.84. The molecule has 1 amide bonds. The average molecular weight is 324 g/mol. The van der Waals surface area contributed by atoms with Gasteiger partial charge >= 0.3 is 0 Å². The molecule has 0 aliphatic carbocycles. The van der Waals surface area contributed by atoms with Gasteiger partial charge in [0.1, 0.15) is 22.9 Å². The zero-order chi connectivity index (χ0) is 16.7. The lowest BCUT2D eigenvalue weighted by atomic mass is 10.0. The van der Waals surface area contributed by atoms with Gasteiger partial charge in [0, 0.05) is 5.56 Å². The zero-order valence-electron chi connectivity index (χ0n) is 12.7. The molecule has 0 aromatic heterocycles. The van der Waals surface area contributed by atoms with Gasteiger partial charge < -0.3 is 14.8 Å². The summed E-state index contributed by atoms with van der Waals surface area (Å²) in [5.41, 5.74) is 1.63. The summed E-state index contributed by atoms with van der Waals surface area (Å²) in [4.78, 5) is 16.8. The van der Waals surface area contributed by atoms with Gasteiger partial charge in [0.05, 0.1) is 7.11 Å². The molecule has 0 saturated heterocycles. The molecule has 5 nitrogen and oxygen atoms in total. The summed E-state index contributed by atoms with van der Waals surface area (Å²) >= 11 is 0. The Balaban J connectivity index is 1.75. The molecule has 2 aromatic rings. The summed E-state index contributed by atoms with van der Waals surface area (Å²) in [5, 5.41) is 2.75. The third kappa shape index (κ3) is 2.42. The standard InChI is InChI=1S/C18H13FN2O3/c1-23-13-5-6-15-11(8-13)9-14-17(22)20-16(21-18(14)24-15)10-3-2-4-12(19)7-10/h2-9,16H,1H3,(H,20,22). The predicted molar refractivity (Wildman–Crippen MR) is 86.3 cm³/mol. The molecule has 0 saturated carbocycles. The number of halogens is 1. The van der Waals surface area contributed by atoms with Crippen molar-refractivity contribution < 1.29 is 18.7 Å². The topological polar surface area (TPSA) is 59.9 Å². The number of ether oxygens (including phenoxy) is 2. The molecule has 6 heteroatoms. The molecule has 0 fully saturated rings. The number of fused-ring (bicyclic) bond motifs is 2. The van der Waals surface area contributed by atoms with Crippen molar-refractivity contribution in [2.75, 3.05) is 7.11 Å². The maximum atomic E-state index is 13.4. The molecule has 1 atom stereocenters. The van der Waals surface area contributed by atoms with Crippen LogP contribution in [0.3, 0.4) is 0 Å². The van der Waals surface area contributed by atoms with Crippen LogP contribution in [0, 0.1) is 5.82 Å². The Kier molecular flexibility index (Phi) is 3.30. The lowest BCUT2D eigenvalue weighted by molar-refractivity contribution is -0.118. The second kappa shape index (κ2) is 5.49. The van der Waals surface area contributed by atoms with Crippen LogP contribution in [-0.2, 0) is 4.79 Å². The third-order valence-electron chi connectivity index (χ3n) is 3.88. The Morgan fingerprint density at radius 2 is 2.12 bits per heavy atom. The molecular formula is C18H13FN2O3. The molecule has 120 valence electrons. The highest BCUT2D eigenvalue weighted by Crippen LogP contribution is 2.33. The number of carbonyl (C=O) groups excluding carboxylic acids is 1. The number of hydrogen-bond donors (Lipinski definition) is 1. The molecule has 2 aromatic carbocycles. The molecule has 2 aliphatic heterocycles. The normalized spacial score (nSPS) is 18.4. The lowest BCUT2D eigenvalue weighted by Gasteiger charge is -2.27. The molecular weight excluding hydrogens is 311 g/mol. The maximum Gasteiger partial charge on any atom is 0.258 e. The Morgan fingerprint density at radius 1 is 1.25 bits per heavy atom. The number of benzene rings is 2. The van der Waals surface area contributed by atoms with E-state index >= 15 is 0 Å². The lowest BCUT2D eigenvalue weighted by Crippen LogP contribution is -2.39. The van der Waals surface area contributed by atoms with E-state index in [0.29, 0.717) is 22.6 Å². The Morgan fingerprint density at radius 3 is 2.92 bits per heavy atom. The van der Waals surface area contributed by atoms with Crippen LogP contribution in [0.2, 0.25) is 0 Å². The molecule has 0 bridgehead atoms. The molecule has 1 N–H and O–H groups in total. The van der Waals surface area contributed by atoms with Crippen molar-refractivity contribution >= 4 is 17.9 Å². The second-order valence-corrected chi connectivity index (χ2v) is 5.43. The summed E-state index contributed by atoms with van der Waals surface area (Å²) < 4.78 is 24.3. The van der Waals surface area contributed by atoms with Gasteiger partial charge in [0.15, 0.2) is 6.17 Å². The van der Waals surface area contributed by atoms with E-state index in [4.69, 9.17) is 9.47 Å². The van der Waals surface area contributed by atoms with E-state index in [0.717, 1.165) is 5.56 Å². The van der Waals surface area contributed by atoms with E-state index in [2.05, 4.69) is 10.3 Å². The van der Waals surface area contributed by atoms with Gasteiger partial charge in [0.2, 0.25) is 5.90 Å². The van der Waals surface area contributed by atoms with Crippen LogP contribution in [0.25, 0.3) is 6.08 Å². The van der Waals surface area contributed by atoms with Crippen LogP contribution in [0.15, 0.2) is 53.0 Å². The number of nitrogens with one attached hydrogen (secondary N) is 1. The highest BCUT2D eigenvalue weighted by Gasteiger charge is 2.31. The molecule has 0 radical (unpaired) electrons. The first-order valence-corrected chi connectivity index (χ1v) is 7.36. The van der Waals surface area contributed by atoms with Gasteiger partial charge in [-0.2, -0.15) is 0 Å². The summed E-state index contributed by atoms with van der Waals surface area (Å²) in [5.74, 6) is 0.785. The van der Waals surface area contributed by atoms with Gasteiger partial charge in [-0.15, -0.1) is 0 Å². The first kappa shape index (κ1) is 14.4. The first-order valence-electron chi connectivity index (χ1n) is 7.36. The summed E-state index contributed by atoms with van der Waals surface area (Å²) in [7, 11) is 1.57. The number of carbonyl (C=O) groups is 1. The van der Waals surface area contributed by atoms with E-state index < -0.39 is 6.17 Å². The van der Waals surface area contributed by atoms with Crippen molar-refractivity contribution in [3.63, 3.8) is 0 Å². The molecule has 4 rings (SSSR count). The number of nitrogens with zero attached hydrogens (tertiary/aromatic N) is 1. The van der Waals surface area contributed by atoms with Gasteiger partial charge in [-0.3, -0.25) is 4.79 Å². The minimum Gasteiger partial charge on any atom is -0.497 e. The van der Waals surface area contributed by atoms with Crippen molar-refractivity contribution in [1.29, 1.82) is 0 Å². The van der Waals surface area contributed by atoms with Gasteiger partial charge in [-0.05, 0) is 42.0 Å². The summed E-state index contributed by atoms with van der Waals surface area (Å²) in [6.07, 6.45) is 1.03. The monoisotopic (exact) mass is 324 g/mol. The van der Waals surface area contributed by atoms with Crippen LogP contribution >= 0.6 is 0 Å². The largest absolute Gasteiger partial charge is 0.497 e. The van der Waals surface area contributed by atoms with Gasteiger partial charge in [-0.25, -0.2) is 9.38 Å². The minimum absolute atomic E-state index is 0.227. The molecule has 2 heterocycles. The SMILES string of the molecule is COc1ccc2c(c1)C=C1C(=O)NC(c3cccc(F)c3)N=C1O2. The Hall–Kier alpha value is -3.15. The number of methoxy groups -OCH3 is 1. The summed E-state index contributed by atoms with van der Waals surface area (Å²) in [6.45, 7) is 0. The van der Waals surface area contributed by atoms with Crippen molar-refractivity contribution in [3.05, 3.63) is 65.0 Å². The van der Waals surface area contributed by atoms with Gasteiger partial charge in [0.25, 0.3) is 5.91 Å². The summed E-state index contributed by atoms with van der Waals surface area (Å²) in [6, 6.07) is 11.3. The van der Waals surface area contributed by atoms with E-state index in [1.165, 1.54) is 12.1 Å². The minimum atomic E-state index is -0.680. The fourth-order valence-electron chi connectivity index (χ4n) is 2.68. The Bertz CT molecular complexity index is 905. The van der Waals surface area contributed by atoms with E-state index in [-0.39, 0.29) is 17.6 Å². The number of hydrogen-bond acceptors (Lipinski definition) is 4.